The molecule has 0 aliphatic carbocycles. The molecular formula is C14H17ClN2O4. The lowest BCUT2D eigenvalue weighted by molar-refractivity contribution is -0.385. The molecule has 1 aromatic rings. The van der Waals surface area contributed by atoms with Crippen molar-refractivity contribution in [1.82, 2.24) is 4.90 Å². The molecule has 0 radical (unpaired) electrons. The molecule has 0 aromatic heterocycles. The van der Waals surface area contributed by atoms with Crippen molar-refractivity contribution in [2.75, 3.05) is 19.7 Å². The average Bonchev–Trinajstić information content (AvgIpc) is 2.96. The van der Waals surface area contributed by atoms with Gasteiger partial charge in [-0.25, -0.2) is 0 Å². The van der Waals surface area contributed by atoms with Gasteiger partial charge >= 0.3 is 5.69 Å². The van der Waals surface area contributed by atoms with Gasteiger partial charge in [-0.1, -0.05) is 17.7 Å². The lowest BCUT2D eigenvalue weighted by atomic mass is 10.1. The summed E-state index contributed by atoms with van der Waals surface area (Å²) in [4.78, 5) is 24.6. The molecule has 2 rings (SSSR count). The van der Waals surface area contributed by atoms with E-state index in [4.69, 9.17) is 16.3 Å². The number of hydrogen-bond donors (Lipinski definition) is 0. The Morgan fingerprint density at radius 1 is 1.57 bits per heavy atom. The monoisotopic (exact) mass is 312 g/mol. The van der Waals surface area contributed by atoms with Crippen LogP contribution in [-0.2, 0) is 4.74 Å². The number of hydrogen-bond acceptors (Lipinski definition) is 4. The number of amides is 1. The van der Waals surface area contributed by atoms with E-state index in [0.29, 0.717) is 19.7 Å². The van der Waals surface area contributed by atoms with Crippen molar-refractivity contribution in [2.45, 2.75) is 25.9 Å². The molecule has 1 amide bonds. The maximum absolute atomic E-state index is 12.5. The quantitative estimate of drug-likeness (QED) is 0.619. The molecule has 0 bridgehead atoms. The molecule has 6 nitrogen and oxygen atoms in total. The van der Waals surface area contributed by atoms with E-state index >= 15 is 0 Å². The second-order valence-electron chi connectivity index (χ2n) is 4.87. The third kappa shape index (κ3) is 3.51. The summed E-state index contributed by atoms with van der Waals surface area (Å²) >= 11 is 5.85. The molecule has 1 aliphatic heterocycles. The molecule has 7 heteroatoms. The van der Waals surface area contributed by atoms with Gasteiger partial charge in [0.25, 0.3) is 5.91 Å². The van der Waals surface area contributed by atoms with E-state index in [2.05, 4.69) is 0 Å². The highest BCUT2D eigenvalue weighted by Gasteiger charge is 2.28. The fraction of sp³-hybridized carbons (Fsp3) is 0.500. The number of para-hydroxylation sites is 1. The van der Waals surface area contributed by atoms with Gasteiger partial charge in [-0.15, -0.1) is 0 Å². The third-order valence-corrected chi connectivity index (χ3v) is 3.82. The summed E-state index contributed by atoms with van der Waals surface area (Å²) in [6.07, 6.45) is 1.89. The minimum Gasteiger partial charge on any atom is -0.376 e. The minimum absolute atomic E-state index is 0.00661. The number of likely N-dealkylation sites (N-methyl/N-ethyl adjacent to an activating group) is 1. The number of nitro groups is 1. The highest BCUT2D eigenvalue weighted by molar-refractivity contribution is 6.33. The number of ether oxygens (including phenoxy) is 1. The second kappa shape index (κ2) is 6.87. The Morgan fingerprint density at radius 2 is 2.33 bits per heavy atom. The first-order chi connectivity index (χ1) is 10.0. The van der Waals surface area contributed by atoms with E-state index in [0.717, 1.165) is 12.8 Å². The molecule has 0 N–H and O–H groups in total. The van der Waals surface area contributed by atoms with Crippen molar-refractivity contribution in [2.24, 2.45) is 0 Å². The SMILES string of the molecule is CCN(CC1CCCO1)C(=O)c1cccc(Cl)c1[N+](=O)[O-]. The van der Waals surface area contributed by atoms with Crippen LogP contribution in [-0.4, -0.2) is 41.5 Å². The summed E-state index contributed by atoms with van der Waals surface area (Å²) in [6.45, 7) is 3.44. The van der Waals surface area contributed by atoms with Crippen molar-refractivity contribution in [3.05, 3.63) is 38.9 Å². The Labute approximate surface area is 127 Å². The molecular weight excluding hydrogens is 296 g/mol. The van der Waals surface area contributed by atoms with E-state index in [1.165, 1.54) is 12.1 Å². The molecule has 1 unspecified atom stereocenters. The van der Waals surface area contributed by atoms with Crippen LogP contribution < -0.4 is 0 Å². The zero-order chi connectivity index (χ0) is 15.4. The van der Waals surface area contributed by atoms with E-state index in [-0.39, 0.29) is 28.3 Å². The summed E-state index contributed by atoms with van der Waals surface area (Å²) in [5.74, 6) is -0.387. The predicted octanol–water partition coefficient (Wildman–Crippen LogP) is 2.89. The summed E-state index contributed by atoms with van der Waals surface area (Å²) in [5.41, 5.74) is -0.317. The summed E-state index contributed by atoms with van der Waals surface area (Å²) < 4.78 is 5.52. The zero-order valence-electron chi connectivity index (χ0n) is 11.8. The number of benzene rings is 1. The number of nitrogens with zero attached hydrogens (tertiary/aromatic N) is 2. The van der Waals surface area contributed by atoms with E-state index in [1.807, 2.05) is 6.92 Å². The molecule has 1 atom stereocenters. The molecule has 114 valence electrons. The van der Waals surface area contributed by atoms with Gasteiger partial charge < -0.3 is 9.64 Å². The zero-order valence-corrected chi connectivity index (χ0v) is 12.5. The number of halogens is 1. The van der Waals surface area contributed by atoms with Gasteiger partial charge in [0.1, 0.15) is 10.6 Å². The van der Waals surface area contributed by atoms with Crippen molar-refractivity contribution in [3.63, 3.8) is 0 Å². The third-order valence-electron chi connectivity index (χ3n) is 3.52. The molecule has 1 heterocycles. The van der Waals surface area contributed by atoms with Crippen LogP contribution in [0.1, 0.15) is 30.1 Å². The van der Waals surface area contributed by atoms with E-state index in [9.17, 15) is 14.9 Å². The topological polar surface area (TPSA) is 72.7 Å². The lowest BCUT2D eigenvalue weighted by Gasteiger charge is -2.24. The van der Waals surface area contributed by atoms with Crippen LogP contribution in [0.25, 0.3) is 0 Å². The molecule has 0 spiro atoms. The van der Waals surface area contributed by atoms with Gasteiger partial charge in [0.05, 0.1) is 11.0 Å². The van der Waals surface area contributed by atoms with E-state index < -0.39 is 4.92 Å². The Morgan fingerprint density at radius 3 is 2.90 bits per heavy atom. The fourth-order valence-electron chi connectivity index (χ4n) is 2.43. The van der Waals surface area contributed by atoms with Gasteiger partial charge in [0, 0.05) is 19.7 Å². The van der Waals surface area contributed by atoms with Crippen LogP contribution in [0.2, 0.25) is 5.02 Å². The molecule has 1 aliphatic rings. The molecule has 21 heavy (non-hydrogen) atoms. The van der Waals surface area contributed by atoms with Gasteiger partial charge in [0.2, 0.25) is 0 Å². The lowest BCUT2D eigenvalue weighted by Crippen LogP contribution is -2.37. The number of rotatable bonds is 5. The largest absolute Gasteiger partial charge is 0.376 e. The van der Waals surface area contributed by atoms with E-state index in [1.54, 1.807) is 11.0 Å². The maximum Gasteiger partial charge on any atom is 0.300 e. The summed E-state index contributed by atoms with van der Waals surface area (Å²) in [5, 5.41) is 11.1. The van der Waals surface area contributed by atoms with Gasteiger partial charge in [-0.2, -0.15) is 0 Å². The van der Waals surface area contributed by atoms with Gasteiger partial charge in [-0.05, 0) is 31.9 Å². The van der Waals surface area contributed by atoms with Crippen LogP contribution in [0.5, 0.6) is 0 Å². The Hall–Kier alpha value is -1.66. The fourth-order valence-corrected chi connectivity index (χ4v) is 2.68. The Bertz CT molecular complexity index is 544. The average molecular weight is 313 g/mol. The maximum atomic E-state index is 12.5. The van der Waals surface area contributed by atoms with Crippen molar-refractivity contribution < 1.29 is 14.5 Å². The first-order valence-corrected chi connectivity index (χ1v) is 7.26. The minimum atomic E-state index is -0.616. The Kier molecular flexibility index (Phi) is 5.14. The van der Waals surface area contributed by atoms with Gasteiger partial charge in [0.15, 0.2) is 0 Å². The first kappa shape index (κ1) is 15.7. The summed E-state index contributed by atoms with van der Waals surface area (Å²) in [6, 6.07) is 4.39. The van der Waals surface area contributed by atoms with Gasteiger partial charge in [-0.3, -0.25) is 14.9 Å². The smallest absolute Gasteiger partial charge is 0.300 e. The molecule has 1 saturated heterocycles. The van der Waals surface area contributed by atoms with Crippen LogP contribution in [0, 0.1) is 10.1 Å². The predicted molar refractivity (Wildman–Crippen MR) is 78.7 cm³/mol. The van der Waals surface area contributed by atoms with Crippen molar-refractivity contribution in [1.29, 1.82) is 0 Å². The highest BCUT2D eigenvalue weighted by Crippen LogP contribution is 2.29. The number of carbonyl (C=O) groups is 1. The molecule has 1 aromatic carbocycles. The standard InChI is InChI=1S/C14H17ClN2O4/c1-2-16(9-10-5-4-8-21-10)14(18)11-6-3-7-12(15)13(11)17(19)20/h3,6-7,10H,2,4-5,8-9H2,1H3. The number of carbonyl (C=O) groups excluding carboxylic acids is 1. The van der Waals surface area contributed by atoms with Crippen molar-refractivity contribution in [3.8, 4) is 0 Å². The first-order valence-electron chi connectivity index (χ1n) is 6.88. The highest BCUT2D eigenvalue weighted by atomic mass is 35.5. The second-order valence-corrected chi connectivity index (χ2v) is 5.28. The van der Waals surface area contributed by atoms with Crippen LogP contribution in [0.3, 0.4) is 0 Å². The summed E-state index contributed by atoms with van der Waals surface area (Å²) in [7, 11) is 0. The van der Waals surface area contributed by atoms with Crippen LogP contribution >= 0.6 is 11.6 Å². The van der Waals surface area contributed by atoms with Crippen LogP contribution in [0.4, 0.5) is 5.69 Å². The number of nitro benzene ring substituents is 1. The Balaban J connectivity index is 2.24. The normalized spacial score (nSPS) is 17.7. The molecule has 0 saturated carbocycles. The molecule has 1 fully saturated rings. The van der Waals surface area contributed by atoms with Crippen molar-refractivity contribution >= 4 is 23.2 Å². The van der Waals surface area contributed by atoms with Crippen LogP contribution in [0.15, 0.2) is 18.2 Å².